The van der Waals surface area contributed by atoms with Crippen molar-refractivity contribution >= 4 is 11.9 Å². The van der Waals surface area contributed by atoms with Crippen molar-refractivity contribution in [3.05, 3.63) is 0 Å². The SMILES string of the molecule is CCNC(=NCCCOCC1CCOC1)NC1CCN(C(=O)C(CC)CC)CC1. The van der Waals surface area contributed by atoms with Crippen LogP contribution < -0.4 is 10.6 Å². The molecule has 29 heavy (non-hydrogen) atoms. The highest BCUT2D eigenvalue weighted by Crippen LogP contribution is 2.17. The Morgan fingerprint density at radius 3 is 2.59 bits per heavy atom. The van der Waals surface area contributed by atoms with Crippen LogP contribution in [0.3, 0.4) is 0 Å². The van der Waals surface area contributed by atoms with Gasteiger partial charge in [-0.3, -0.25) is 9.79 Å². The van der Waals surface area contributed by atoms with Gasteiger partial charge < -0.3 is 25.0 Å². The van der Waals surface area contributed by atoms with Crippen LogP contribution in [0.2, 0.25) is 0 Å². The summed E-state index contributed by atoms with van der Waals surface area (Å²) in [5.74, 6) is 1.96. The second-order valence-corrected chi connectivity index (χ2v) is 8.18. The van der Waals surface area contributed by atoms with Crippen LogP contribution in [-0.2, 0) is 14.3 Å². The molecule has 2 aliphatic heterocycles. The second kappa shape index (κ2) is 13.8. The monoisotopic (exact) mass is 410 g/mol. The van der Waals surface area contributed by atoms with Crippen molar-refractivity contribution in [2.24, 2.45) is 16.8 Å². The average Bonchev–Trinajstić information content (AvgIpc) is 3.25. The van der Waals surface area contributed by atoms with Gasteiger partial charge in [-0.2, -0.15) is 0 Å². The summed E-state index contributed by atoms with van der Waals surface area (Å²) in [7, 11) is 0. The van der Waals surface area contributed by atoms with E-state index in [0.717, 1.165) is 97.1 Å². The summed E-state index contributed by atoms with van der Waals surface area (Å²) in [6.45, 7) is 12.8. The zero-order valence-electron chi connectivity index (χ0n) is 18.8. The van der Waals surface area contributed by atoms with Crippen molar-refractivity contribution in [3.63, 3.8) is 0 Å². The van der Waals surface area contributed by atoms with E-state index in [-0.39, 0.29) is 5.92 Å². The third-order valence-corrected chi connectivity index (χ3v) is 5.92. The molecule has 168 valence electrons. The van der Waals surface area contributed by atoms with Gasteiger partial charge in [0.25, 0.3) is 0 Å². The Labute approximate surface area is 177 Å². The Bertz CT molecular complexity index is 482. The topological polar surface area (TPSA) is 75.2 Å². The van der Waals surface area contributed by atoms with Crippen LogP contribution in [0.1, 0.15) is 59.3 Å². The van der Waals surface area contributed by atoms with Gasteiger partial charge in [0, 0.05) is 57.3 Å². The molecule has 1 amide bonds. The van der Waals surface area contributed by atoms with Crippen molar-refractivity contribution in [2.45, 2.75) is 65.3 Å². The number of carbonyl (C=O) groups is 1. The first-order valence-electron chi connectivity index (χ1n) is 11.7. The van der Waals surface area contributed by atoms with Crippen molar-refractivity contribution < 1.29 is 14.3 Å². The third kappa shape index (κ3) is 8.51. The number of carbonyl (C=O) groups excluding carboxylic acids is 1. The Hall–Kier alpha value is -1.34. The lowest BCUT2D eigenvalue weighted by Gasteiger charge is -2.34. The number of rotatable bonds is 11. The van der Waals surface area contributed by atoms with Gasteiger partial charge in [0.1, 0.15) is 0 Å². The van der Waals surface area contributed by atoms with Gasteiger partial charge in [0.05, 0.1) is 13.2 Å². The molecule has 0 spiro atoms. The summed E-state index contributed by atoms with van der Waals surface area (Å²) in [5, 5.41) is 6.89. The van der Waals surface area contributed by atoms with Gasteiger partial charge in [-0.15, -0.1) is 0 Å². The minimum absolute atomic E-state index is 0.182. The minimum atomic E-state index is 0.182. The third-order valence-electron chi connectivity index (χ3n) is 5.92. The Balaban J connectivity index is 1.66. The maximum atomic E-state index is 12.6. The summed E-state index contributed by atoms with van der Waals surface area (Å²) in [5.41, 5.74) is 0. The minimum Gasteiger partial charge on any atom is -0.381 e. The maximum absolute atomic E-state index is 12.6. The van der Waals surface area contributed by atoms with Crippen LogP contribution in [0.25, 0.3) is 0 Å². The van der Waals surface area contributed by atoms with Crippen LogP contribution in [0.15, 0.2) is 4.99 Å². The molecule has 1 unspecified atom stereocenters. The van der Waals surface area contributed by atoms with E-state index in [1.807, 2.05) is 4.90 Å². The molecule has 0 saturated carbocycles. The fraction of sp³-hybridized carbons (Fsp3) is 0.909. The first-order valence-corrected chi connectivity index (χ1v) is 11.7. The predicted octanol–water partition coefficient (Wildman–Crippen LogP) is 2.41. The number of hydrogen-bond acceptors (Lipinski definition) is 4. The summed E-state index contributed by atoms with van der Waals surface area (Å²) in [4.78, 5) is 19.3. The molecular formula is C22H42N4O3. The Morgan fingerprint density at radius 2 is 1.97 bits per heavy atom. The first-order chi connectivity index (χ1) is 14.2. The molecule has 2 saturated heterocycles. The van der Waals surface area contributed by atoms with E-state index in [1.165, 1.54) is 0 Å². The van der Waals surface area contributed by atoms with Gasteiger partial charge in [-0.1, -0.05) is 13.8 Å². The van der Waals surface area contributed by atoms with Gasteiger partial charge in [-0.25, -0.2) is 0 Å². The molecular weight excluding hydrogens is 368 g/mol. The number of aliphatic imine (C=N–C) groups is 1. The molecule has 2 N–H and O–H groups in total. The van der Waals surface area contributed by atoms with E-state index in [0.29, 0.717) is 17.9 Å². The number of piperidine rings is 1. The zero-order valence-corrected chi connectivity index (χ0v) is 18.8. The highest BCUT2D eigenvalue weighted by molar-refractivity contribution is 5.80. The fourth-order valence-corrected chi connectivity index (χ4v) is 3.98. The maximum Gasteiger partial charge on any atom is 0.225 e. The molecule has 2 heterocycles. The van der Waals surface area contributed by atoms with E-state index in [9.17, 15) is 4.79 Å². The second-order valence-electron chi connectivity index (χ2n) is 8.18. The van der Waals surface area contributed by atoms with Crippen molar-refractivity contribution in [2.75, 3.05) is 52.6 Å². The molecule has 2 aliphatic rings. The number of likely N-dealkylation sites (tertiary alicyclic amines) is 1. The Morgan fingerprint density at radius 1 is 1.21 bits per heavy atom. The predicted molar refractivity (Wildman–Crippen MR) is 117 cm³/mol. The largest absolute Gasteiger partial charge is 0.381 e. The quantitative estimate of drug-likeness (QED) is 0.311. The first kappa shape index (κ1) is 23.9. The average molecular weight is 411 g/mol. The molecule has 0 aromatic carbocycles. The van der Waals surface area contributed by atoms with Gasteiger partial charge in [0.15, 0.2) is 5.96 Å². The summed E-state index contributed by atoms with van der Waals surface area (Å²) >= 11 is 0. The van der Waals surface area contributed by atoms with E-state index in [1.54, 1.807) is 0 Å². The standard InChI is InChI=1S/C22H42N4O3/c1-4-19(5-2)21(27)26-12-8-20(9-13-26)25-22(23-6-3)24-11-7-14-28-16-18-10-15-29-17-18/h18-20H,4-17H2,1-3H3,(H2,23,24,25). The van der Waals surface area contributed by atoms with Crippen molar-refractivity contribution in [1.29, 1.82) is 0 Å². The Kier molecular flexibility index (Phi) is 11.4. The number of nitrogens with one attached hydrogen (secondary N) is 2. The highest BCUT2D eigenvalue weighted by Gasteiger charge is 2.26. The van der Waals surface area contributed by atoms with Crippen LogP contribution in [0.5, 0.6) is 0 Å². The lowest BCUT2D eigenvalue weighted by atomic mass is 9.98. The smallest absolute Gasteiger partial charge is 0.225 e. The van der Waals surface area contributed by atoms with E-state index < -0.39 is 0 Å². The summed E-state index contributed by atoms with van der Waals surface area (Å²) in [6.07, 6.45) is 5.86. The number of amides is 1. The van der Waals surface area contributed by atoms with Crippen LogP contribution in [0, 0.1) is 11.8 Å². The molecule has 2 fully saturated rings. The molecule has 0 aliphatic carbocycles. The molecule has 0 aromatic rings. The van der Waals surface area contributed by atoms with Crippen LogP contribution in [0.4, 0.5) is 0 Å². The molecule has 2 rings (SSSR count). The molecule has 7 heteroatoms. The molecule has 1 atom stereocenters. The van der Waals surface area contributed by atoms with Gasteiger partial charge in [-0.05, 0) is 45.4 Å². The number of nitrogens with zero attached hydrogens (tertiary/aromatic N) is 2. The number of ether oxygens (including phenoxy) is 2. The van der Waals surface area contributed by atoms with E-state index in [2.05, 4.69) is 31.4 Å². The lowest BCUT2D eigenvalue weighted by Crippen LogP contribution is -2.50. The van der Waals surface area contributed by atoms with E-state index >= 15 is 0 Å². The van der Waals surface area contributed by atoms with Crippen molar-refractivity contribution in [1.82, 2.24) is 15.5 Å². The number of guanidine groups is 1. The lowest BCUT2D eigenvalue weighted by molar-refractivity contribution is -0.136. The zero-order chi connectivity index (χ0) is 20.9. The highest BCUT2D eigenvalue weighted by atomic mass is 16.5. The molecule has 0 bridgehead atoms. The van der Waals surface area contributed by atoms with E-state index in [4.69, 9.17) is 14.5 Å². The molecule has 7 nitrogen and oxygen atoms in total. The summed E-state index contributed by atoms with van der Waals surface area (Å²) < 4.78 is 11.1. The molecule has 0 radical (unpaired) electrons. The summed E-state index contributed by atoms with van der Waals surface area (Å²) in [6, 6.07) is 0.372. The van der Waals surface area contributed by atoms with Crippen LogP contribution >= 0.6 is 0 Å². The molecule has 0 aromatic heterocycles. The fourth-order valence-electron chi connectivity index (χ4n) is 3.98. The normalized spacial score (nSPS) is 21.0. The van der Waals surface area contributed by atoms with Gasteiger partial charge >= 0.3 is 0 Å². The van der Waals surface area contributed by atoms with Crippen molar-refractivity contribution in [3.8, 4) is 0 Å². The van der Waals surface area contributed by atoms with Gasteiger partial charge in [0.2, 0.25) is 5.91 Å². The van der Waals surface area contributed by atoms with Crippen LogP contribution in [-0.4, -0.2) is 75.4 Å². The number of hydrogen-bond donors (Lipinski definition) is 2.